The first-order valence-electron chi connectivity index (χ1n) is 9.18. The van der Waals surface area contributed by atoms with E-state index in [1.165, 1.54) is 23.8 Å². The predicted molar refractivity (Wildman–Crippen MR) is 125 cm³/mol. The Morgan fingerprint density at radius 2 is 2.16 bits per heavy atom. The summed E-state index contributed by atoms with van der Waals surface area (Å²) in [4.78, 5) is 20.0. The summed E-state index contributed by atoms with van der Waals surface area (Å²) in [7, 11) is 0. The van der Waals surface area contributed by atoms with Crippen LogP contribution in [0.1, 0.15) is 17.0 Å². The van der Waals surface area contributed by atoms with Crippen LogP contribution in [-0.2, 0) is 11.2 Å². The van der Waals surface area contributed by atoms with E-state index in [9.17, 15) is 9.18 Å². The highest BCUT2D eigenvalue weighted by molar-refractivity contribution is 7.18. The van der Waals surface area contributed by atoms with E-state index in [2.05, 4.69) is 15.6 Å². The summed E-state index contributed by atoms with van der Waals surface area (Å²) in [5, 5.41) is 16.1. The predicted octanol–water partition coefficient (Wildman–Crippen LogP) is 3.58. The number of nitrogens with zero attached hydrogens (tertiary/aromatic N) is 2. The number of aromatic nitrogens is 2. The molecule has 0 aliphatic carbocycles. The van der Waals surface area contributed by atoms with Crippen LogP contribution in [0.25, 0.3) is 16.3 Å². The van der Waals surface area contributed by atoms with Gasteiger partial charge in [0.1, 0.15) is 0 Å². The molecule has 4 N–H and O–H groups in total. The molecule has 4 rings (SSSR count). The van der Waals surface area contributed by atoms with Crippen LogP contribution in [0.5, 0.6) is 0 Å². The van der Waals surface area contributed by atoms with E-state index in [-0.39, 0.29) is 36.2 Å². The first-order valence-corrected chi connectivity index (χ1v) is 10.00. The van der Waals surface area contributed by atoms with Crippen molar-refractivity contribution < 1.29 is 14.4 Å². The molecule has 0 bridgehead atoms. The van der Waals surface area contributed by atoms with Gasteiger partial charge in [-0.15, -0.1) is 36.2 Å². The lowest BCUT2D eigenvalue weighted by molar-refractivity contribution is -0.124. The lowest BCUT2D eigenvalue weighted by Gasteiger charge is -2.29. The Morgan fingerprint density at radius 1 is 1.35 bits per heavy atom. The molecule has 1 atom stereocenters. The summed E-state index contributed by atoms with van der Waals surface area (Å²) < 4.78 is 15.8. The SMILES string of the molecule is Cl.Cl.O=C(/C=C/c1cnc(N[C@@]2(Cc3nc4ccccc4s3)CCNC2)c(F)c1)NO. The minimum absolute atomic E-state index is 0. The number of hydrogen-bond donors (Lipinski definition) is 4. The Bertz CT molecular complexity index is 1040. The number of hydroxylamine groups is 1. The molecule has 3 heterocycles. The smallest absolute Gasteiger partial charge is 0.267 e. The monoisotopic (exact) mass is 485 g/mol. The van der Waals surface area contributed by atoms with Crippen LogP contribution in [0.4, 0.5) is 10.2 Å². The van der Waals surface area contributed by atoms with Crippen LogP contribution < -0.4 is 16.1 Å². The third kappa shape index (κ3) is 5.90. The highest BCUT2D eigenvalue weighted by Crippen LogP contribution is 2.30. The van der Waals surface area contributed by atoms with Crippen LogP contribution in [0.3, 0.4) is 0 Å². The third-order valence-electron chi connectivity index (χ3n) is 4.85. The van der Waals surface area contributed by atoms with Crippen molar-refractivity contribution in [2.75, 3.05) is 18.4 Å². The van der Waals surface area contributed by atoms with Gasteiger partial charge in [0, 0.05) is 25.2 Å². The molecule has 0 unspecified atom stereocenters. The number of para-hydroxylation sites is 1. The Kier molecular flexibility index (Phi) is 8.72. The number of hydrogen-bond acceptors (Lipinski definition) is 7. The standard InChI is InChI=1S/C20H20FN5O2S.2ClH/c21-14-9-13(5-6-17(27)26-28)11-23-19(14)25-20(7-8-22-12-20)10-18-24-15-3-1-2-4-16(15)29-18;;/h1-6,9,11,22,28H,7-8,10,12H2,(H,23,25)(H,26,27);2*1H/b6-5+;;/t20-;;/m1../s1. The second kappa shape index (κ2) is 10.8. The van der Waals surface area contributed by atoms with Gasteiger partial charge in [-0.2, -0.15) is 0 Å². The zero-order valence-electron chi connectivity index (χ0n) is 16.3. The maximum Gasteiger partial charge on any atom is 0.267 e. The molecule has 0 radical (unpaired) electrons. The molecule has 0 saturated carbocycles. The first kappa shape index (κ1) is 25.0. The topological polar surface area (TPSA) is 99.2 Å². The van der Waals surface area contributed by atoms with E-state index in [0.717, 1.165) is 34.3 Å². The largest absolute Gasteiger partial charge is 0.360 e. The van der Waals surface area contributed by atoms with Crippen LogP contribution >= 0.6 is 36.2 Å². The zero-order valence-corrected chi connectivity index (χ0v) is 18.7. The summed E-state index contributed by atoms with van der Waals surface area (Å²) in [6.07, 6.45) is 5.43. The van der Waals surface area contributed by atoms with E-state index in [4.69, 9.17) is 10.2 Å². The van der Waals surface area contributed by atoms with Crippen molar-refractivity contribution in [3.8, 4) is 0 Å². The third-order valence-corrected chi connectivity index (χ3v) is 5.89. The average molecular weight is 486 g/mol. The van der Waals surface area contributed by atoms with Crippen LogP contribution in [0.15, 0.2) is 42.6 Å². The Hall–Kier alpha value is -2.30. The second-order valence-electron chi connectivity index (χ2n) is 6.99. The summed E-state index contributed by atoms with van der Waals surface area (Å²) >= 11 is 1.65. The quantitative estimate of drug-likeness (QED) is 0.242. The normalized spacial score (nSPS) is 17.9. The number of carbonyl (C=O) groups is 1. The number of rotatable bonds is 6. The number of halogens is 3. The molecular formula is C20H22Cl2FN5O2S. The van der Waals surface area contributed by atoms with Crippen LogP contribution in [-0.4, -0.2) is 39.7 Å². The fourth-order valence-electron chi connectivity index (χ4n) is 3.43. The van der Waals surface area contributed by atoms with Gasteiger partial charge in [-0.25, -0.2) is 19.8 Å². The van der Waals surface area contributed by atoms with Crippen molar-refractivity contribution >= 4 is 64.2 Å². The van der Waals surface area contributed by atoms with Crippen molar-refractivity contribution in [1.29, 1.82) is 0 Å². The fraction of sp³-hybridized carbons (Fsp3) is 0.250. The maximum atomic E-state index is 14.6. The molecule has 2 aromatic heterocycles. The molecule has 3 aromatic rings. The van der Waals surface area contributed by atoms with E-state index in [0.29, 0.717) is 18.5 Å². The lowest BCUT2D eigenvalue weighted by Crippen LogP contribution is -2.43. The fourth-order valence-corrected chi connectivity index (χ4v) is 4.54. The number of fused-ring (bicyclic) bond motifs is 1. The Morgan fingerprint density at radius 3 is 2.84 bits per heavy atom. The van der Waals surface area contributed by atoms with Gasteiger partial charge < -0.3 is 10.6 Å². The lowest BCUT2D eigenvalue weighted by atomic mass is 9.94. The molecular weight excluding hydrogens is 464 g/mol. The number of nitrogens with one attached hydrogen (secondary N) is 3. The molecule has 7 nitrogen and oxygen atoms in total. The molecule has 1 amide bonds. The highest BCUT2D eigenvalue weighted by atomic mass is 35.5. The van der Waals surface area contributed by atoms with E-state index >= 15 is 0 Å². The number of carbonyl (C=O) groups excluding carboxylic acids is 1. The van der Waals surface area contributed by atoms with Gasteiger partial charge in [0.05, 0.1) is 20.8 Å². The molecule has 1 saturated heterocycles. The van der Waals surface area contributed by atoms with Gasteiger partial charge in [-0.05, 0) is 42.8 Å². The summed E-state index contributed by atoms with van der Waals surface area (Å²) in [5.74, 6) is -1.04. The highest BCUT2D eigenvalue weighted by Gasteiger charge is 2.36. The zero-order chi connectivity index (χ0) is 20.3. The van der Waals surface area contributed by atoms with Gasteiger partial charge in [-0.3, -0.25) is 10.0 Å². The van der Waals surface area contributed by atoms with Crippen molar-refractivity contribution in [2.45, 2.75) is 18.4 Å². The average Bonchev–Trinajstić information content (AvgIpc) is 3.34. The minimum Gasteiger partial charge on any atom is -0.360 e. The molecule has 1 aliphatic heterocycles. The number of anilines is 1. The van der Waals surface area contributed by atoms with Crippen LogP contribution in [0, 0.1) is 5.82 Å². The van der Waals surface area contributed by atoms with Gasteiger partial charge in [0.15, 0.2) is 11.6 Å². The van der Waals surface area contributed by atoms with Crippen molar-refractivity contribution in [2.24, 2.45) is 0 Å². The van der Waals surface area contributed by atoms with Gasteiger partial charge in [0.25, 0.3) is 5.91 Å². The Labute approximate surface area is 195 Å². The van der Waals surface area contributed by atoms with Gasteiger partial charge >= 0.3 is 0 Å². The summed E-state index contributed by atoms with van der Waals surface area (Å²) in [6.45, 7) is 1.51. The molecule has 1 fully saturated rings. The number of benzene rings is 1. The van der Waals surface area contributed by atoms with E-state index < -0.39 is 11.7 Å². The molecule has 31 heavy (non-hydrogen) atoms. The van der Waals surface area contributed by atoms with Gasteiger partial charge in [0.2, 0.25) is 0 Å². The van der Waals surface area contributed by atoms with E-state index in [1.54, 1.807) is 11.3 Å². The van der Waals surface area contributed by atoms with Crippen LogP contribution in [0.2, 0.25) is 0 Å². The molecule has 166 valence electrons. The second-order valence-corrected chi connectivity index (χ2v) is 8.11. The Balaban J connectivity index is 0.00000171. The molecule has 0 spiro atoms. The number of thiazole rings is 1. The van der Waals surface area contributed by atoms with Crippen molar-refractivity contribution in [3.05, 3.63) is 59.0 Å². The maximum absolute atomic E-state index is 14.6. The molecule has 11 heteroatoms. The first-order chi connectivity index (χ1) is 14.1. The number of pyridine rings is 1. The summed E-state index contributed by atoms with van der Waals surface area (Å²) in [5.41, 5.74) is 2.49. The van der Waals surface area contributed by atoms with Crippen molar-refractivity contribution in [3.63, 3.8) is 0 Å². The van der Waals surface area contributed by atoms with Crippen molar-refractivity contribution in [1.82, 2.24) is 20.8 Å². The van der Waals surface area contributed by atoms with Gasteiger partial charge in [-0.1, -0.05) is 12.1 Å². The molecule has 1 aliphatic rings. The minimum atomic E-state index is -0.695. The number of amides is 1. The molecule has 1 aromatic carbocycles. The summed E-state index contributed by atoms with van der Waals surface area (Å²) in [6, 6.07) is 9.30. The van der Waals surface area contributed by atoms with E-state index in [1.807, 2.05) is 24.3 Å².